The Morgan fingerprint density at radius 3 is 2.57 bits per heavy atom. The van der Waals surface area contributed by atoms with Gasteiger partial charge in [0.05, 0.1) is 18.9 Å². The Balaban J connectivity index is 1.65. The maximum atomic E-state index is 12.2. The van der Waals surface area contributed by atoms with Gasteiger partial charge in [0.2, 0.25) is 5.91 Å². The molecule has 28 heavy (non-hydrogen) atoms. The van der Waals surface area contributed by atoms with Crippen molar-refractivity contribution in [2.75, 3.05) is 18.5 Å². The van der Waals surface area contributed by atoms with E-state index in [1.54, 1.807) is 6.08 Å². The van der Waals surface area contributed by atoms with Crippen LogP contribution >= 0.6 is 11.3 Å². The molecule has 6 heteroatoms. The fourth-order valence-corrected chi connectivity index (χ4v) is 3.29. The molecule has 0 aliphatic rings. The molecular weight excluding hydrogens is 372 g/mol. The molecule has 1 amide bonds. The molecule has 0 atom stereocenters. The lowest BCUT2D eigenvalue weighted by atomic mass is 10.2. The Morgan fingerprint density at radius 2 is 1.82 bits per heavy atom. The molecule has 1 N–H and O–H groups in total. The van der Waals surface area contributed by atoms with Crippen molar-refractivity contribution in [1.29, 1.82) is 0 Å². The second kappa shape index (κ2) is 9.71. The fourth-order valence-electron chi connectivity index (χ4n) is 2.56. The largest absolute Gasteiger partial charge is 0.490 e. The van der Waals surface area contributed by atoms with Crippen LogP contribution in [0.4, 0.5) is 5.13 Å². The van der Waals surface area contributed by atoms with Gasteiger partial charge in [0, 0.05) is 17.0 Å². The molecule has 3 rings (SSSR count). The summed E-state index contributed by atoms with van der Waals surface area (Å²) in [6, 6.07) is 15.4. The van der Waals surface area contributed by atoms with Gasteiger partial charge in [0.1, 0.15) is 0 Å². The monoisotopic (exact) mass is 394 g/mol. The van der Waals surface area contributed by atoms with E-state index in [9.17, 15) is 4.79 Å². The van der Waals surface area contributed by atoms with Gasteiger partial charge in [-0.2, -0.15) is 0 Å². The van der Waals surface area contributed by atoms with Crippen LogP contribution in [-0.4, -0.2) is 24.1 Å². The lowest BCUT2D eigenvalue weighted by Crippen LogP contribution is -2.07. The van der Waals surface area contributed by atoms with E-state index in [2.05, 4.69) is 10.3 Å². The number of amides is 1. The topological polar surface area (TPSA) is 60.5 Å². The smallest absolute Gasteiger partial charge is 0.250 e. The number of carbonyl (C=O) groups excluding carboxylic acids is 1. The Labute approximate surface area is 168 Å². The van der Waals surface area contributed by atoms with Crippen LogP contribution in [0, 0.1) is 0 Å². The summed E-state index contributed by atoms with van der Waals surface area (Å²) in [6.45, 7) is 4.96. The van der Waals surface area contributed by atoms with Gasteiger partial charge in [-0.15, -0.1) is 11.3 Å². The van der Waals surface area contributed by atoms with Crippen LogP contribution in [0.3, 0.4) is 0 Å². The van der Waals surface area contributed by atoms with Crippen LogP contribution in [0.2, 0.25) is 0 Å². The van der Waals surface area contributed by atoms with Crippen LogP contribution in [-0.2, 0) is 4.79 Å². The molecule has 1 heterocycles. The first-order valence-electron chi connectivity index (χ1n) is 9.09. The second-order valence-corrected chi connectivity index (χ2v) is 6.66. The Hall–Kier alpha value is -3.12. The highest BCUT2D eigenvalue weighted by molar-refractivity contribution is 7.14. The fraction of sp³-hybridized carbons (Fsp3) is 0.182. The summed E-state index contributed by atoms with van der Waals surface area (Å²) in [5.74, 6) is 1.13. The highest BCUT2D eigenvalue weighted by atomic mass is 32.1. The first-order valence-corrected chi connectivity index (χ1v) is 9.97. The van der Waals surface area contributed by atoms with Crippen molar-refractivity contribution in [1.82, 2.24) is 4.98 Å². The minimum atomic E-state index is -0.235. The van der Waals surface area contributed by atoms with Gasteiger partial charge in [-0.1, -0.05) is 36.4 Å². The Kier molecular flexibility index (Phi) is 6.81. The number of nitrogens with zero attached hydrogens (tertiary/aromatic N) is 1. The number of ether oxygens (including phenoxy) is 2. The molecule has 3 aromatic rings. The van der Waals surface area contributed by atoms with Gasteiger partial charge in [-0.25, -0.2) is 4.98 Å². The van der Waals surface area contributed by atoms with Gasteiger partial charge in [0.15, 0.2) is 16.6 Å². The molecular formula is C22H22N2O3S. The zero-order chi connectivity index (χ0) is 19.8. The van der Waals surface area contributed by atoms with Crippen molar-refractivity contribution in [2.45, 2.75) is 13.8 Å². The number of hydrogen-bond donors (Lipinski definition) is 1. The predicted molar refractivity (Wildman–Crippen MR) is 114 cm³/mol. The van der Waals surface area contributed by atoms with E-state index >= 15 is 0 Å². The van der Waals surface area contributed by atoms with Crippen LogP contribution < -0.4 is 14.8 Å². The summed E-state index contributed by atoms with van der Waals surface area (Å²) in [7, 11) is 0. The summed E-state index contributed by atoms with van der Waals surface area (Å²) >= 11 is 1.40. The third-order valence-corrected chi connectivity index (χ3v) is 4.56. The SMILES string of the molecule is CCOc1ccc(C=CC(=O)Nc2nc(-c3ccccc3)cs2)cc1OCC. The van der Waals surface area contributed by atoms with E-state index in [1.807, 2.05) is 67.8 Å². The van der Waals surface area contributed by atoms with Crippen molar-refractivity contribution in [3.63, 3.8) is 0 Å². The van der Waals surface area contributed by atoms with Gasteiger partial charge >= 0.3 is 0 Å². The van der Waals surface area contributed by atoms with Crippen LogP contribution in [0.5, 0.6) is 11.5 Å². The van der Waals surface area contributed by atoms with Crippen molar-refractivity contribution < 1.29 is 14.3 Å². The van der Waals surface area contributed by atoms with E-state index in [-0.39, 0.29) is 5.91 Å². The number of carbonyl (C=O) groups is 1. The molecule has 0 unspecified atom stereocenters. The molecule has 1 aromatic heterocycles. The van der Waals surface area contributed by atoms with E-state index in [4.69, 9.17) is 9.47 Å². The van der Waals surface area contributed by atoms with Crippen molar-refractivity contribution in [2.24, 2.45) is 0 Å². The van der Waals surface area contributed by atoms with Crippen LogP contribution in [0.1, 0.15) is 19.4 Å². The molecule has 0 aliphatic heterocycles. The van der Waals surface area contributed by atoms with Crippen molar-refractivity contribution in [3.8, 4) is 22.8 Å². The third-order valence-electron chi connectivity index (χ3n) is 3.80. The van der Waals surface area contributed by atoms with Gasteiger partial charge in [-0.3, -0.25) is 10.1 Å². The Morgan fingerprint density at radius 1 is 1.07 bits per heavy atom. The number of hydrogen-bond acceptors (Lipinski definition) is 5. The first kappa shape index (κ1) is 19.6. The summed E-state index contributed by atoms with van der Waals surface area (Å²) in [6.07, 6.45) is 3.22. The molecule has 5 nitrogen and oxygen atoms in total. The van der Waals surface area contributed by atoms with Gasteiger partial charge in [0.25, 0.3) is 0 Å². The van der Waals surface area contributed by atoms with Crippen LogP contribution in [0.25, 0.3) is 17.3 Å². The van der Waals surface area contributed by atoms with E-state index in [0.29, 0.717) is 29.8 Å². The average Bonchev–Trinajstić information content (AvgIpc) is 3.17. The van der Waals surface area contributed by atoms with E-state index in [0.717, 1.165) is 16.8 Å². The highest BCUT2D eigenvalue weighted by Gasteiger charge is 2.07. The number of nitrogens with one attached hydrogen (secondary N) is 1. The summed E-state index contributed by atoms with van der Waals surface area (Å²) in [5, 5.41) is 5.29. The summed E-state index contributed by atoms with van der Waals surface area (Å²) in [5.41, 5.74) is 2.72. The standard InChI is InChI=1S/C22H22N2O3S/c1-3-26-19-12-10-16(14-20(19)27-4-2)11-13-21(25)24-22-23-18(15-28-22)17-8-6-5-7-9-17/h5-15H,3-4H2,1-2H3,(H,23,24,25). The maximum absolute atomic E-state index is 12.2. The number of benzene rings is 2. The molecule has 0 radical (unpaired) electrons. The summed E-state index contributed by atoms with van der Waals surface area (Å²) in [4.78, 5) is 16.7. The minimum absolute atomic E-state index is 0.235. The molecule has 0 aliphatic carbocycles. The Bertz CT molecular complexity index is 951. The molecule has 0 saturated heterocycles. The van der Waals surface area contributed by atoms with E-state index < -0.39 is 0 Å². The van der Waals surface area contributed by atoms with Gasteiger partial charge < -0.3 is 9.47 Å². The quantitative estimate of drug-likeness (QED) is 0.530. The average molecular weight is 394 g/mol. The maximum Gasteiger partial charge on any atom is 0.250 e. The first-order chi connectivity index (χ1) is 13.7. The van der Waals surface area contributed by atoms with Crippen LogP contribution in [0.15, 0.2) is 60.0 Å². The number of thiazole rings is 1. The molecule has 0 saturated carbocycles. The molecule has 144 valence electrons. The lowest BCUT2D eigenvalue weighted by molar-refractivity contribution is -0.111. The van der Waals surface area contributed by atoms with Crippen molar-refractivity contribution in [3.05, 3.63) is 65.6 Å². The van der Waals surface area contributed by atoms with Crippen molar-refractivity contribution >= 4 is 28.5 Å². The zero-order valence-corrected chi connectivity index (χ0v) is 16.7. The zero-order valence-electron chi connectivity index (χ0n) is 15.8. The predicted octanol–water partition coefficient (Wildman–Crippen LogP) is 5.26. The third kappa shape index (κ3) is 5.20. The normalized spacial score (nSPS) is 10.8. The number of anilines is 1. The summed E-state index contributed by atoms with van der Waals surface area (Å²) < 4.78 is 11.2. The molecule has 0 fully saturated rings. The number of aromatic nitrogens is 1. The minimum Gasteiger partial charge on any atom is -0.490 e. The second-order valence-electron chi connectivity index (χ2n) is 5.80. The molecule has 0 spiro atoms. The highest BCUT2D eigenvalue weighted by Crippen LogP contribution is 2.29. The van der Waals surface area contributed by atoms with E-state index in [1.165, 1.54) is 17.4 Å². The van der Waals surface area contributed by atoms with Gasteiger partial charge in [-0.05, 0) is 37.6 Å². The molecule has 2 aromatic carbocycles. The molecule has 0 bridgehead atoms. The lowest BCUT2D eigenvalue weighted by Gasteiger charge is -2.11. The number of rotatable bonds is 8.